The first-order chi connectivity index (χ1) is 15.4. The van der Waals surface area contributed by atoms with Crippen LogP contribution in [0.15, 0.2) is 52.4 Å². The normalized spacial score (nSPS) is 19.6. The van der Waals surface area contributed by atoms with Crippen molar-refractivity contribution in [2.75, 3.05) is 11.5 Å². The monoisotopic (exact) mass is 544 g/mol. The SMILES string of the molecule is Cl.Cl.Nc1nc(/C(=N/O)C(=O)N[C@@H]2C(=O)N3C(C(=O)O)=C(/C=C\c4cccnc4)CS[C@H]23)cs1. The Hall–Kier alpha value is -3.13. The van der Waals surface area contributed by atoms with Gasteiger partial charge in [0.15, 0.2) is 10.8 Å². The number of rotatable bonds is 6. The van der Waals surface area contributed by atoms with Crippen LogP contribution in [0.1, 0.15) is 11.3 Å². The molecule has 34 heavy (non-hydrogen) atoms. The molecule has 1 saturated heterocycles. The van der Waals surface area contributed by atoms with Crippen molar-refractivity contribution in [1.82, 2.24) is 20.2 Å². The van der Waals surface area contributed by atoms with Crippen LogP contribution in [0.3, 0.4) is 0 Å². The number of oxime groups is 1. The maximum atomic E-state index is 12.7. The Morgan fingerprint density at radius 1 is 1.32 bits per heavy atom. The molecule has 11 nitrogen and oxygen atoms in total. The van der Waals surface area contributed by atoms with Crippen molar-refractivity contribution in [3.63, 3.8) is 0 Å². The summed E-state index contributed by atoms with van der Waals surface area (Å²) in [6.45, 7) is 0. The molecule has 2 aromatic heterocycles. The zero-order chi connectivity index (χ0) is 22.8. The minimum atomic E-state index is -1.24. The highest BCUT2D eigenvalue weighted by Crippen LogP contribution is 2.40. The largest absolute Gasteiger partial charge is 0.477 e. The van der Waals surface area contributed by atoms with Crippen LogP contribution < -0.4 is 11.1 Å². The molecule has 2 aliphatic rings. The van der Waals surface area contributed by atoms with Crippen molar-refractivity contribution >= 4 is 82.6 Å². The van der Waals surface area contributed by atoms with E-state index in [4.69, 9.17) is 5.73 Å². The second-order valence-electron chi connectivity index (χ2n) is 6.68. The van der Waals surface area contributed by atoms with Crippen LogP contribution >= 0.6 is 47.9 Å². The van der Waals surface area contributed by atoms with Gasteiger partial charge < -0.3 is 21.4 Å². The predicted molar refractivity (Wildman–Crippen MR) is 132 cm³/mol. The number of carboxylic acid groups (broad SMARTS) is 1. The number of nitrogens with zero attached hydrogens (tertiary/aromatic N) is 4. The number of halogens is 2. The van der Waals surface area contributed by atoms with Crippen molar-refractivity contribution in [1.29, 1.82) is 0 Å². The third-order valence-corrected chi connectivity index (χ3v) is 6.70. The van der Waals surface area contributed by atoms with Crippen LogP contribution in [-0.4, -0.2) is 65.8 Å². The Balaban J connectivity index is 0.00000204. The van der Waals surface area contributed by atoms with Crippen molar-refractivity contribution in [2.24, 2.45) is 5.16 Å². The molecule has 0 aliphatic carbocycles. The standard InChI is InChI=1S/C19H16N6O5S2.2ClH/c20-19-22-11(8-32-19)12(24-30)15(26)23-13-16(27)25-14(18(28)29)10(7-31-17(13)25)4-3-9-2-1-5-21-6-9;;/h1-6,8,13,17,30H,7H2,(H2,20,22)(H,23,26)(H,28,29);2*1H/b4-3-,24-12-;;/t13-,17-;;/m1../s1. The minimum absolute atomic E-state index is 0. The molecule has 0 radical (unpaired) electrons. The van der Waals surface area contributed by atoms with Crippen LogP contribution in [0.2, 0.25) is 0 Å². The van der Waals surface area contributed by atoms with Crippen molar-refractivity contribution < 1.29 is 24.7 Å². The molecule has 0 spiro atoms. The van der Waals surface area contributed by atoms with E-state index in [0.717, 1.165) is 21.8 Å². The van der Waals surface area contributed by atoms with Gasteiger partial charge in [0.2, 0.25) is 0 Å². The first kappa shape index (κ1) is 27.1. The lowest BCUT2D eigenvalue weighted by atomic mass is 10.0. The predicted octanol–water partition coefficient (Wildman–Crippen LogP) is 1.59. The molecular weight excluding hydrogens is 527 g/mol. The summed E-state index contributed by atoms with van der Waals surface area (Å²) < 4.78 is 0. The number of nitrogens with one attached hydrogen (secondary N) is 1. The number of thiazole rings is 1. The highest BCUT2D eigenvalue weighted by atomic mass is 35.5. The zero-order valence-corrected chi connectivity index (χ0v) is 20.3. The number of pyridine rings is 1. The molecule has 0 bridgehead atoms. The second kappa shape index (κ2) is 11.3. The Morgan fingerprint density at radius 3 is 2.68 bits per heavy atom. The number of nitrogen functional groups attached to an aromatic ring is 1. The molecule has 0 saturated carbocycles. The third-order valence-electron chi connectivity index (χ3n) is 4.73. The first-order valence-electron chi connectivity index (χ1n) is 9.14. The number of aliphatic carboxylic acids is 1. The number of thioether (sulfide) groups is 1. The maximum Gasteiger partial charge on any atom is 0.352 e. The lowest BCUT2D eigenvalue weighted by molar-refractivity contribution is -0.150. The van der Waals surface area contributed by atoms with Gasteiger partial charge in [-0.05, 0) is 17.2 Å². The number of anilines is 1. The summed E-state index contributed by atoms with van der Waals surface area (Å²) in [6.07, 6.45) is 6.63. The molecule has 5 N–H and O–H groups in total. The fourth-order valence-electron chi connectivity index (χ4n) is 3.26. The lowest BCUT2D eigenvalue weighted by Gasteiger charge is -2.49. The van der Waals surface area contributed by atoms with E-state index in [0.29, 0.717) is 11.3 Å². The molecule has 15 heteroatoms. The van der Waals surface area contributed by atoms with Gasteiger partial charge in [-0.15, -0.1) is 47.9 Å². The fourth-order valence-corrected chi connectivity index (χ4v) is 5.13. The van der Waals surface area contributed by atoms with E-state index in [1.807, 2.05) is 6.07 Å². The van der Waals surface area contributed by atoms with E-state index in [2.05, 4.69) is 20.4 Å². The number of nitrogens with two attached hydrogens (primary N) is 1. The number of aromatic nitrogens is 2. The highest BCUT2D eigenvalue weighted by Gasteiger charge is 2.54. The van der Waals surface area contributed by atoms with Gasteiger partial charge in [0.25, 0.3) is 11.8 Å². The summed E-state index contributed by atoms with van der Waals surface area (Å²) in [5.41, 5.74) is 6.35. The molecule has 4 rings (SSSR count). The lowest BCUT2D eigenvalue weighted by Crippen LogP contribution is -2.71. The third kappa shape index (κ3) is 5.17. The number of β-lactam (4-membered cyclic amide) rings is 1. The van der Waals surface area contributed by atoms with Crippen LogP contribution in [0.25, 0.3) is 6.08 Å². The number of allylic oxidation sites excluding steroid dienone is 1. The minimum Gasteiger partial charge on any atom is -0.477 e. The van der Waals surface area contributed by atoms with Crippen molar-refractivity contribution in [3.8, 4) is 0 Å². The number of amides is 2. The molecule has 0 aromatic carbocycles. The summed E-state index contributed by atoms with van der Waals surface area (Å²) >= 11 is 2.38. The van der Waals surface area contributed by atoms with E-state index in [-0.39, 0.29) is 47.0 Å². The number of carboxylic acids is 1. The van der Waals surface area contributed by atoms with E-state index in [1.165, 1.54) is 17.1 Å². The molecule has 180 valence electrons. The molecule has 2 aliphatic heterocycles. The van der Waals surface area contributed by atoms with Gasteiger partial charge >= 0.3 is 5.97 Å². The number of hydrogen-bond acceptors (Lipinski definition) is 10. The van der Waals surface area contributed by atoms with Crippen LogP contribution in [0.5, 0.6) is 0 Å². The summed E-state index contributed by atoms with van der Waals surface area (Å²) in [6, 6.07) is 2.60. The van der Waals surface area contributed by atoms with Gasteiger partial charge in [0, 0.05) is 23.5 Å². The number of carbonyl (C=O) groups excluding carboxylic acids is 2. The van der Waals surface area contributed by atoms with Gasteiger partial charge in [0.05, 0.1) is 0 Å². The Kier molecular flexibility index (Phi) is 9.04. The molecule has 1 fully saturated rings. The average Bonchev–Trinajstić information content (AvgIpc) is 3.22. The smallest absolute Gasteiger partial charge is 0.352 e. The molecule has 4 heterocycles. The van der Waals surface area contributed by atoms with E-state index in [1.54, 1.807) is 30.6 Å². The first-order valence-corrected chi connectivity index (χ1v) is 11.1. The van der Waals surface area contributed by atoms with Gasteiger partial charge in [-0.25, -0.2) is 9.78 Å². The van der Waals surface area contributed by atoms with Gasteiger partial charge in [-0.1, -0.05) is 23.4 Å². The summed E-state index contributed by atoms with van der Waals surface area (Å²) in [5, 5.41) is 25.4. The van der Waals surface area contributed by atoms with Gasteiger partial charge in [0.1, 0.15) is 22.8 Å². The van der Waals surface area contributed by atoms with E-state index >= 15 is 0 Å². The van der Waals surface area contributed by atoms with E-state index in [9.17, 15) is 24.7 Å². The maximum absolute atomic E-state index is 12.7. The Bertz CT molecular complexity index is 1190. The molecule has 2 aromatic rings. The van der Waals surface area contributed by atoms with Crippen molar-refractivity contribution in [3.05, 3.63) is 58.5 Å². The average molecular weight is 545 g/mol. The van der Waals surface area contributed by atoms with Crippen molar-refractivity contribution in [2.45, 2.75) is 11.4 Å². The van der Waals surface area contributed by atoms with Gasteiger partial charge in [-0.2, -0.15) is 0 Å². The summed E-state index contributed by atoms with van der Waals surface area (Å²) in [4.78, 5) is 46.3. The van der Waals surface area contributed by atoms with Crippen LogP contribution in [0.4, 0.5) is 5.13 Å². The van der Waals surface area contributed by atoms with Crippen LogP contribution in [-0.2, 0) is 14.4 Å². The fraction of sp³-hybridized carbons (Fsp3) is 0.158. The molecular formula is C19H18Cl2N6O5S2. The Morgan fingerprint density at radius 2 is 2.09 bits per heavy atom. The molecule has 2 amide bonds. The van der Waals surface area contributed by atoms with Gasteiger partial charge in [-0.3, -0.25) is 19.5 Å². The zero-order valence-electron chi connectivity index (χ0n) is 17.0. The van der Waals surface area contributed by atoms with Crippen LogP contribution in [0, 0.1) is 0 Å². The quantitative estimate of drug-likeness (QED) is 0.182. The summed E-state index contributed by atoms with van der Waals surface area (Å²) in [7, 11) is 0. The number of carbonyl (C=O) groups is 3. The summed E-state index contributed by atoms with van der Waals surface area (Å²) in [5.74, 6) is -2.31. The highest BCUT2D eigenvalue weighted by molar-refractivity contribution is 8.00. The second-order valence-corrected chi connectivity index (χ2v) is 8.67. The number of hydrogen-bond donors (Lipinski definition) is 4. The Labute approximate surface area is 213 Å². The molecule has 0 unspecified atom stereocenters. The topological polar surface area (TPSA) is 171 Å². The number of fused-ring (bicyclic) bond motifs is 1. The van der Waals surface area contributed by atoms with E-state index < -0.39 is 29.2 Å². The molecule has 2 atom stereocenters.